The topological polar surface area (TPSA) is 131 Å². The molecule has 0 fully saturated rings. The molecule has 3 aromatic rings. The molecule has 1 heterocycles. The van der Waals surface area contributed by atoms with Crippen molar-refractivity contribution in [3.05, 3.63) is 87.3 Å². The Morgan fingerprint density at radius 2 is 1.79 bits per heavy atom. The molecule has 0 saturated heterocycles. The van der Waals surface area contributed by atoms with Crippen molar-refractivity contribution >= 4 is 44.9 Å². The van der Waals surface area contributed by atoms with E-state index in [1.165, 1.54) is 54.7 Å². The van der Waals surface area contributed by atoms with Crippen molar-refractivity contribution in [3.63, 3.8) is 0 Å². The number of nitro groups is 1. The Morgan fingerprint density at radius 1 is 1.07 bits per heavy atom. The van der Waals surface area contributed by atoms with Crippen LogP contribution >= 0.6 is 11.3 Å². The molecule has 0 radical (unpaired) electrons. The molecule has 0 bridgehead atoms. The molecule has 3 rings (SSSR count). The number of thiophene rings is 1. The molecular formula is C18H14N4O5S2. The van der Waals surface area contributed by atoms with Crippen LogP contribution in [-0.2, 0) is 10.0 Å². The van der Waals surface area contributed by atoms with Crippen molar-refractivity contribution in [1.29, 1.82) is 0 Å². The average molecular weight is 430 g/mol. The standard InChI is InChI=1S/C18H14N4O5S2/c23-18(20-19-12-14-4-1-2-5-16(14)22(24)25)13-7-9-15(10-8-13)21-29(26,27)17-6-3-11-28-17/h1-12,21H,(H,20,23)/b19-12+. The lowest BCUT2D eigenvalue weighted by Gasteiger charge is -2.07. The van der Waals surface area contributed by atoms with Crippen LogP contribution in [0.15, 0.2) is 75.4 Å². The van der Waals surface area contributed by atoms with Crippen LogP contribution in [0.1, 0.15) is 15.9 Å². The van der Waals surface area contributed by atoms with Crippen molar-refractivity contribution in [2.75, 3.05) is 4.72 Å². The summed E-state index contributed by atoms with van der Waals surface area (Å²) < 4.78 is 27.0. The first-order chi connectivity index (χ1) is 13.9. The molecule has 0 aliphatic heterocycles. The van der Waals surface area contributed by atoms with Gasteiger partial charge in [-0.2, -0.15) is 5.10 Å². The molecule has 0 aliphatic rings. The molecule has 1 aromatic heterocycles. The van der Waals surface area contributed by atoms with Crippen LogP contribution in [-0.4, -0.2) is 25.5 Å². The van der Waals surface area contributed by atoms with Crippen LogP contribution in [0.25, 0.3) is 0 Å². The molecule has 0 spiro atoms. The van der Waals surface area contributed by atoms with Gasteiger partial charge in [0.25, 0.3) is 21.6 Å². The van der Waals surface area contributed by atoms with Gasteiger partial charge >= 0.3 is 0 Å². The number of carbonyl (C=O) groups is 1. The van der Waals surface area contributed by atoms with Crippen LogP contribution in [0.4, 0.5) is 11.4 Å². The number of hydrogen-bond donors (Lipinski definition) is 2. The smallest absolute Gasteiger partial charge is 0.278 e. The fourth-order valence-corrected chi connectivity index (χ4v) is 4.35. The largest absolute Gasteiger partial charge is 0.279 e. The molecule has 0 atom stereocenters. The lowest BCUT2D eigenvalue weighted by Crippen LogP contribution is -2.18. The highest BCUT2D eigenvalue weighted by molar-refractivity contribution is 7.94. The van der Waals surface area contributed by atoms with Gasteiger partial charge in [-0.15, -0.1) is 11.3 Å². The van der Waals surface area contributed by atoms with Crippen molar-refractivity contribution in [2.24, 2.45) is 5.10 Å². The van der Waals surface area contributed by atoms with Gasteiger partial charge in [0.05, 0.1) is 16.7 Å². The third kappa shape index (κ3) is 5.03. The Kier molecular flexibility index (Phi) is 6.00. The maximum absolute atomic E-state index is 12.2. The van der Waals surface area contributed by atoms with Gasteiger partial charge in [-0.25, -0.2) is 13.8 Å². The van der Waals surface area contributed by atoms with Crippen LogP contribution in [0, 0.1) is 10.1 Å². The number of para-hydroxylation sites is 1. The van der Waals surface area contributed by atoms with E-state index in [9.17, 15) is 23.3 Å². The van der Waals surface area contributed by atoms with E-state index in [1.54, 1.807) is 17.5 Å². The average Bonchev–Trinajstić information content (AvgIpc) is 3.24. The molecular weight excluding hydrogens is 416 g/mol. The summed E-state index contributed by atoms with van der Waals surface area (Å²) in [6, 6.07) is 14.9. The van der Waals surface area contributed by atoms with Crippen LogP contribution < -0.4 is 10.1 Å². The Morgan fingerprint density at radius 3 is 2.45 bits per heavy atom. The van der Waals surface area contributed by atoms with E-state index in [1.807, 2.05) is 0 Å². The number of sulfonamides is 1. The van der Waals surface area contributed by atoms with Gasteiger partial charge < -0.3 is 0 Å². The number of rotatable bonds is 7. The number of carbonyl (C=O) groups excluding carboxylic acids is 1. The SMILES string of the molecule is O=C(N/N=C/c1ccccc1[N+](=O)[O-])c1ccc(NS(=O)(=O)c2cccs2)cc1. The number of nitrogens with zero attached hydrogens (tertiary/aromatic N) is 2. The lowest BCUT2D eigenvalue weighted by molar-refractivity contribution is -0.385. The first-order valence-corrected chi connectivity index (χ1v) is 10.5. The van der Waals surface area contributed by atoms with E-state index in [-0.39, 0.29) is 21.0 Å². The number of benzene rings is 2. The van der Waals surface area contributed by atoms with E-state index in [0.29, 0.717) is 5.69 Å². The van der Waals surface area contributed by atoms with Gasteiger partial charge in [0.2, 0.25) is 0 Å². The van der Waals surface area contributed by atoms with Crippen molar-refractivity contribution in [1.82, 2.24) is 5.43 Å². The number of nitro benzene ring substituents is 1. The summed E-state index contributed by atoms with van der Waals surface area (Å²) >= 11 is 1.09. The lowest BCUT2D eigenvalue weighted by atomic mass is 10.2. The second-order valence-electron chi connectivity index (χ2n) is 5.63. The van der Waals surface area contributed by atoms with Gasteiger partial charge in [0, 0.05) is 17.3 Å². The highest BCUT2D eigenvalue weighted by Gasteiger charge is 2.15. The van der Waals surface area contributed by atoms with Gasteiger partial charge in [-0.05, 0) is 41.8 Å². The minimum atomic E-state index is -3.67. The summed E-state index contributed by atoms with van der Waals surface area (Å²) in [6.07, 6.45) is 1.18. The molecule has 148 valence electrons. The van der Waals surface area contributed by atoms with Crippen LogP contribution in [0.5, 0.6) is 0 Å². The van der Waals surface area contributed by atoms with Gasteiger partial charge in [0.1, 0.15) is 4.21 Å². The summed E-state index contributed by atoms with van der Waals surface area (Å²) in [5.41, 5.74) is 2.93. The zero-order chi connectivity index (χ0) is 20.9. The van der Waals surface area contributed by atoms with Gasteiger partial charge in [-0.1, -0.05) is 18.2 Å². The number of amides is 1. The number of anilines is 1. The normalized spacial score (nSPS) is 11.3. The fraction of sp³-hybridized carbons (Fsp3) is 0. The van der Waals surface area contributed by atoms with Crippen LogP contribution in [0.3, 0.4) is 0 Å². The fourth-order valence-electron chi connectivity index (χ4n) is 2.30. The first-order valence-electron chi connectivity index (χ1n) is 8.10. The summed E-state index contributed by atoms with van der Waals surface area (Å²) in [4.78, 5) is 22.6. The van der Waals surface area contributed by atoms with Gasteiger partial charge in [0.15, 0.2) is 0 Å². The van der Waals surface area contributed by atoms with E-state index < -0.39 is 20.9 Å². The molecule has 0 saturated carbocycles. The minimum Gasteiger partial charge on any atom is -0.279 e. The number of hydrazone groups is 1. The second-order valence-corrected chi connectivity index (χ2v) is 8.49. The number of nitrogens with one attached hydrogen (secondary N) is 2. The van der Waals surface area contributed by atoms with E-state index >= 15 is 0 Å². The number of hydrogen-bond acceptors (Lipinski definition) is 7. The third-order valence-corrected chi connectivity index (χ3v) is 6.44. The zero-order valence-corrected chi connectivity index (χ0v) is 16.3. The van der Waals surface area contributed by atoms with E-state index in [4.69, 9.17) is 0 Å². The zero-order valence-electron chi connectivity index (χ0n) is 14.7. The predicted molar refractivity (Wildman–Crippen MR) is 110 cm³/mol. The quantitative estimate of drug-likeness (QED) is 0.338. The molecule has 9 nitrogen and oxygen atoms in total. The Bertz CT molecular complexity index is 1160. The van der Waals surface area contributed by atoms with Gasteiger partial charge in [-0.3, -0.25) is 19.6 Å². The summed E-state index contributed by atoms with van der Waals surface area (Å²) in [6.45, 7) is 0. The van der Waals surface area contributed by atoms with Crippen molar-refractivity contribution in [2.45, 2.75) is 4.21 Å². The van der Waals surface area contributed by atoms with Crippen LogP contribution in [0.2, 0.25) is 0 Å². The highest BCUT2D eigenvalue weighted by Crippen LogP contribution is 2.20. The van der Waals surface area contributed by atoms with E-state index in [0.717, 1.165) is 11.3 Å². The van der Waals surface area contributed by atoms with Crippen molar-refractivity contribution in [3.8, 4) is 0 Å². The Hall–Kier alpha value is -3.57. The Labute approximate surface area is 169 Å². The first kappa shape index (κ1) is 20.2. The second kappa shape index (κ2) is 8.63. The summed E-state index contributed by atoms with van der Waals surface area (Å²) in [7, 11) is -3.67. The predicted octanol–water partition coefficient (Wildman–Crippen LogP) is 3.22. The molecule has 2 aromatic carbocycles. The summed E-state index contributed by atoms with van der Waals surface area (Å²) in [5.74, 6) is -0.549. The monoisotopic (exact) mass is 430 g/mol. The molecule has 11 heteroatoms. The molecule has 29 heavy (non-hydrogen) atoms. The highest BCUT2D eigenvalue weighted by atomic mass is 32.2. The Balaban J connectivity index is 1.65. The molecule has 2 N–H and O–H groups in total. The van der Waals surface area contributed by atoms with E-state index in [2.05, 4.69) is 15.2 Å². The molecule has 0 aliphatic carbocycles. The third-order valence-electron chi connectivity index (χ3n) is 3.66. The molecule has 0 unspecified atom stereocenters. The maximum atomic E-state index is 12.2. The molecule has 1 amide bonds. The maximum Gasteiger partial charge on any atom is 0.278 e. The summed E-state index contributed by atoms with van der Waals surface area (Å²) in [5, 5.41) is 16.4. The minimum absolute atomic E-state index is 0.132. The van der Waals surface area contributed by atoms with Crippen molar-refractivity contribution < 1.29 is 18.1 Å².